The van der Waals surface area contributed by atoms with E-state index in [1.165, 1.54) is 36.0 Å². The molecule has 0 spiro atoms. The zero-order valence-corrected chi connectivity index (χ0v) is 11.2. The van der Waals surface area contributed by atoms with E-state index in [1.807, 2.05) is 0 Å². The van der Waals surface area contributed by atoms with Gasteiger partial charge in [0.25, 0.3) is 0 Å². The minimum atomic E-state index is 0.636. The SMILES string of the molecule is CCCCc1cc(CN)cc(CCCOC)c1. The monoisotopic (exact) mass is 235 g/mol. The van der Waals surface area contributed by atoms with Crippen LogP contribution >= 0.6 is 0 Å². The van der Waals surface area contributed by atoms with E-state index in [1.54, 1.807) is 7.11 Å². The minimum Gasteiger partial charge on any atom is -0.385 e. The van der Waals surface area contributed by atoms with Crippen molar-refractivity contribution in [3.8, 4) is 0 Å². The molecule has 96 valence electrons. The van der Waals surface area contributed by atoms with Gasteiger partial charge in [-0.05, 0) is 42.4 Å². The lowest BCUT2D eigenvalue weighted by molar-refractivity contribution is 0.195. The Labute approximate surface area is 105 Å². The van der Waals surface area contributed by atoms with Crippen molar-refractivity contribution in [3.63, 3.8) is 0 Å². The summed E-state index contributed by atoms with van der Waals surface area (Å²) in [6, 6.07) is 6.80. The minimum absolute atomic E-state index is 0.636. The second-order valence-corrected chi connectivity index (χ2v) is 4.56. The smallest absolute Gasteiger partial charge is 0.0465 e. The lowest BCUT2D eigenvalue weighted by atomic mass is 9.99. The van der Waals surface area contributed by atoms with E-state index in [-0.39, 0.29) is 0 Å². The lowest BCUT2D eigenvalue weighted by Gasteiger charge is -2.08. The number of methoxy groups -OCH3 is 1. The molecule has 0 atom stereocenters. The molecule has 0 radical (unpaired) electrons. The molecule has 0 heterocycles. The molecule has 0 aliphatic carbocycles. The van der Waals surface area contributed by atoms with Crippen LogP contribution in [0.25, 0.3) is 0 Å². The van der Waals surface area contributed by atoms with Crippen LogP contribution in [0, 0.1) is 0 Å². The van der Waals surface area contributed by atoms with Gasteiger partial charge in [0, 0.05) is 20.3 Å². The van der Waals surface area contributed by atoms with Gasteiger partial charge in [-0.25, -0.2) is 0 Å². The maximum Gasteiger partial charge on any atom is 0.0465 e. The van der Waals surface area contributed by atoms with Crippen molar-refractivity contribution >= 4 is 0 Å². The highest BCUT2D eigenvalue weighted by Gasteiger charge is 2.01. The molecule has 0 unspecified atom stereocenters. The molecule has 0 amide bonds. The number of ether oxygens (including phenoxy) is 1. The van der Waals surface area contributed by atoms with Gasteiger partial charge in [-0.2, -0.15) is 0 Å². The van der Waals surface area contributed by atoms with Crippen molar-refractivity contribution in [3.05, 3.63) is 34.9 Å². The summed E-state index contributed by atoms with van der Waals surface area (Å²) in [5.41, 5.74) is 9.83. The molecule has 2 N–H and O–H groups in total. The Hall–Kier alpha value is -0.860. The second-order valence-electron chi connectivity index (χ2n) is 4.56. The average molecular weight is 235 g/mol. The van der Waals surface area contributed by atoms with E-state index >= 15 is 0 Å². The summed E-state index contributed by atoms with van der Waals surface area (Å²) in [6.07, 6.45) is 5.83. The van der Waals surface area contributed by atoms with Crippen LogP contribution in [0.5, 0.6) is 0 Å². The standard InChI is InChI=1S/C15H25NO/c1-3-4-6-13-9-14(7-5-8-17-2)11-15(10-13)12-16/h9-11H,3-8,12,16H2,1-2H3. The summed E-state index contributed by atoms with van der Waals surface area (Å²) in [4.78, 5) is 0. The number of unbranched alkanes of at least 4 members (excludes halogenated alkanes) is 1. The van der Waals surface area contributed by atoms with Gasteiger partial charge >= 0.3 is 0 Å². The van der Waals surface area contributed by atoms with Crippen LogP contribution < -0.4 is 5.73 Å². The number of nitrogens with two attached hydrogens (primary N) is 1. The predicted octanol–water partition coefficient (Wildman–Crippen LogP) is 3.07. The lowest BCUT2D eigenvalue weighted by Crippen LogP contribution is -2.01. The summed E-state index contributed by atoms with van der Waals surface area (Å²) in [7, 11) is 1.75. The van der Waals surface area contributed by atoms with Crippen molar-refractivity contribution in [1.82, 2.24) is 0 Å². The molecular weight excluding hydrogens is 210 g/mol. The summed E-state index contributed by atoms with van der Waals surface area (Å²) in [5, 5.41) is 0. The highest BCUT2D eigenvalue weighted by molar-refractivity contribution is 5.30. The van der Waals surface area contributed by atoms with Crippen LogP contribution in [-0.2, 0) is 24.1 Å². The summed E-state index contributed by atoms with van der Waals surface area (Å²) >= 11 is 0. The van der Waals surface area contributed by atoms with Crippen molar-refractivity contribution in [2.75, 3.05) is 13.7 Å². The van der Waals surface area contributed by atoms with Gasteiger partial charge in [0.2, 0.25) is 0 Å². The predicted molar refractivity (Wildman–Crippen MR) is 73.1 cm³/mol. The third kappa shape index (κ3) is 5.33. The van der Waals surface area contributed by atoms with Crippen LogP contribution in [0.15, 0.2) is 18.2 Å². The zero-order valence-electron chi connectivity index (χ0n) is 11.2. The van der Waals surface area contributed by atoms with Crippen LogP contribution in [0.1, 0.15) is 42.9 Å². The molecule has 0 aliphatic rings. The number of hydrogen-bond acceptors (Lipinski definition) is 2. The van der Waals surface area contributed by atoms with E-state index in [9.17, 15) is 0 Å². The van der Waals surface area contributed by atoms with Gasteiger partial charge in [-0.1, -0.05) is 31.5 Å². The summed E-state index contributed by atoms with van der Waals surface area (Å²) in [5.74, 6) is 0. The van der Waals surface area contributed by atoms with Crippen LogP contribution in [-0.4, -0.2) is 13.7 Å². The third-order valence-corrected chi connectivity index (χ3v) is 2.98. The van der Waals surface area contributed by atoms with E-state index < -0.39 is 0 Å². The first-order valence-electron chi connectivity index (χ1n) is 6.60. The molecule has 0 fully saturated rings. The van der Waals surface area contributed by atoms with Crippen LogP contribution in [0.3, 0.4) is 0 Å². The molecule has 0 aromatic heterocycles. The Balaban J connectivity index is 2.67. The highest BCUT2D eigenvalue weighted by atomic mass is 16.5. The first-order valence-corrected chi connectivity index (χ1v) is 6.60. The zero-order chi connectivity index (χ0) is 12.5. The third-order valence-electron chi connectivity index (χ3n) is 2.98. The van der Waals surface area contributed by atoms with Crippen LogP contribution in [0.2, 0.25) is 0 Å². The van der Waals surface area contributed by atoms with Gasteiger partial charge in [0.15, 0.2) is 0 Å². The number of rotatable bonds is 8. The summed E-state index contributed by atoms with van der Waals surface area (Å²) in [6.45, 7) is 3.70. The molecule has 1 aromatic rings. The fourth-order valence-corrected chi connectivity index (χ4v) is 2.05. The van der Waals surface area contributed by atoms with E-state index in [2.05, 4.69) is 25.1 Å². The average Bonchev–Trinajstić information content (AvgIpc) is 2.36. The van der Waals surface area contributed by atoms with Gasteiger partial charge in [0.1, 0.15) is 0 Å². The van der Waals surface area contributed by atoms with E-state index in [0.717, 1.165) is 19.4 Å². The maximum absolute atomic E-state index is 5.75. The summed E-state index contributed by atoms with van der Waals surface area (Å²) < 4.78 is 5.09. The number of hydrogen-bond donors (Lipinski definition) is 1. The van der Waals surface area contributed by atoms with Crippen molar-refractivity contribution in [1.29, 1.82) is 0 Å². The molecule has 0 aliphatic heterocycles. The van der Waals surface area contributed by atoms with Crippen LogP contribution in [0.4, 0.5) is 0 Å². The highest BCUT2D eigenvalue weighted by Crippen LogP contribution is 2.14. The Kier molecular flexibility index (Phi) is 6.90. The van der Waals surface area contributed by atoms with Crippen molar-refractivity contribution < 1.29 is 4.74 Å². The molecule has 2 nitrogen and oxygen atoms in total. The molecule has 0 saturated carbocycles. The topological polar surface area (TPSA) is 35.2 Å². The largest absolute Gasteiger partial charge is 0.385 e. The molecule has 2 heteroatoms. The molecular formula is C15H25NO. The molecule has 0 bridgehead atoms. The van der Waals surface area contributed by atoms with Crippen molar-refractivity contribution in [2.45, 2.75) is 45.6 Å². The Morgan fingerprint density at radius 2 is 1.59 bits per heavy atom. The Morgan fingerprint density at radius 1 is 1.00 bits per heavy atom. The number of aryl methyl sites for hydroxylation is 2. The van der Waals surface area contributed by atoms with Gasteiger partial charge in [-0.3, -0.25) is 0 Å². The molecule has 17 heavy (non-hydrogen) atoms. The first-order chi connectivity index (χ1) is 8.30. The molecule has 1 aromatic carbocycles. The van der Waals surface area contributed by atoms with E-state index in [0.29, 0.717) is 6.54 Å². The Bertz CT molecular complexity index is 323. The molecule has 1 rings (SSSR count). The fraction of sp³-hybridized carbons (Fsp3) is 0.600. The first kappa shape index (κ1) is 14.2. The maximum atomic E-state index is 5.75. The van der Waals surface area contributed by atoms with E-state index in [4.69, 9.17) is 10.5 Å². The van der Waals surface area contributed by atoms with Crippen molar-refractivity contribution in [2.24, 2.45) is 5.73 Å². The van der Waals surface area contributed by atoms with Gasteiger partial charge in [-0.15, -0.1) is 0 Å². The Morgan fingerprint density at radius 3 is 2.12 bits per heavy atom. The van der Waals surface area contributed by atoms with Gasteiger partial charge in [0.05, 0.1) is 0 Å². The second kappa shape index (κ2) is 8.26. The number of benzene rings is 1. The normalized spacial score (nSPS) is 10.8. The molecule has 0 saturated heterocycles. The quantitative estimate of drug-likeness (QED) is 0.703. The van der Waals surface area contributed by atoms with Gasteiger partial charge < -0.3 is 10.5 Å². The fourth-order valence-electron chi connectivity index (χ4n) is 2.05.